The maximum atomic E-state index is 11.1. The van der Waals surface area contributed by atoms with Gasteiger partial charge in [-0.3, -0.25) is 4.79 Å². The average Bonchev–Trinajstić information content (AvgIpc) is 2.16. The largest absolute Gasteiger partial charge is 0.465 e. The number of thioether (sulfide) groups is 1. The summed E-state index contributed by atoms with van der Waals surface area (Å²) in [6, 6.07) is 1.70. The van der Waals surface area contributed by atoms with Crippen LogP contribution in [-0.2, 0) is 9.53 Å². The Bertz CT molecular complexity index is 283. The van der Waals surface area contributed by atoms with Crippen molar-refractivity contribution in [2.75, 3.05) is 6.61 Å². The van der Waals surface area contributed by atoms with Gasteiger partial charge in [0.05, 0.1) is 6.61 Å². The van der Waals surface area contributed by atoms with Crippen molar-refractivity contribution in [2.24, 2.45) is 11.5 Å². The fourth-order valence-corrected chi connectivity index (χ4v) is 1.33. The Kier molecular flexibility index (Phi) is 5.56. The number of hydrogen-bond donors (Lipinski definition) is 2. The minimum absolute atomic E-state index is 0.0776. The van der Waals surface area contributed by atoms with E-state index in [4.69, 9.17) is 21.5 Å². The summed E-state index contributed by atoms with van der Waals surface area (Å²) in [4.78, 5) is 11.1. The number of rotatable bonds is 4. The van der Waals surface area contributed by atoms with Gasteiger partial charge in [0, 0.05) is 0 Å². The van der Waals surface area contributed by atoms with E-state index >= 15 is 0 Å². The molecule has 1 atom stereocenters. The van der Waals surface area contributed by atoms with E-state index in [1.807, 2.05) is 0 Å². The monoisotopic (exact) mass is 215 g/mol. The molecule has 0 spiro atoms. The summed E-state index contributed by atoms with van der Waals surface area (Å²) in [5, 5.41) is 8.11. The molecule has 0 amide bonds. The predicted molar refractivity (Wildman–Crippen MR) is 54.7 cm³/mol. The molecule has 0 saturated heterocycles. The number of hydrogen-bond acceptors (Lipinski definition) is 6. The Morgan fingerprint density at radius 3 is 2.64 bits per heavy atom. The predicted octanol–water partition coefficient (Wildman–Crippen LogP) is 0.281. The number of ether oxygens (including phenoxy) is 1. The second kappa shape index (κ2) is 6.16. The standard InChI is InChI=1S/C8H13N3O2S/c1-3-13-8(12)5(2)14-7(11)6(10)4-9/h5H,3,10-11H2,1-2H3. The zero-order valence-corrected chi connectivity index (χ0v) is 8.93. The van der Waals surface area contributed by atoms with Crippen LogP contribution in [0.5, 0.6) is 0 Å². The first-order valence-electron chi connectivity index (χ1n) is 4.01. The highest BCUT2D eigenvalue weighted by Crippen LogP contribution is 2.19. The highest BCUT2D eigenvalue weighted by molar-refractivity contribution is 8.04. The number of nitriles is 1. The summed E-state index contributed by atoms with van der Waals surface area (Å²) in [6.45, 7) is 3.68. The quantitative estimate of drug-likeness (QED) is 0.516. The van der Waals surface area contributed by atoms with Crippen molar-refractivity contribution in [3.8, 4) is 6.07 Å². The second-order valence-electron chi connectivity index (χ2n) is 2.40. The van der Waals surface area contributed by atoms with E-state index in [9.17, 15) is 4.79 Å². The number of allylic oxidation sites excluding steroid dienone is 1. The molecular formula is C8H13N3O2S. The van der Waals surface area contributed by atoms with Crippen LogP contribution in [0.2, 0.25) is 0 Å². The van der Waals surface area contributed by atoms with Gasteiger partial charge in [0.2, 0.25) is 0 Å². The molecule has 0 aromatic rings. The van der Waals surface area contributed by atoms with Crippen molar-refractivity contribution in [3.05, 3.63) is 10.7 Å². The van der Waals surface area contributed by atoms with Gasteiger partial charge < -0.3 is 16.2 Å². The molecule has 0 saturated carbocycles. The van der Waals surface area contributed by atoms with E-state index in [1.54, 1.807) is 19.9 Å². The van der Waals surface area contributed by atoms with E-state index in [-0.39, 0.29) is 16.7 Å². The maximum absolute atomic E-state index is 11.1. The van der Waals surface area contributed by atoms with Crippen molar-refractivity contribution in [3.63, 3.8) is 0 Å². The van der Waals surface area contributed by atoms with Gasteiger partial charge in [-0.2, -0.15) is 5.26 Å². The summed E-state index contributed by atoms with van der Waals surface area (Å²) >= 11 is 1.02. The van der Waals surface area contributed by atoms with Gasteiger partial charge >= 0.3 is 5.97 Å². The number of carbonyl (C=O) groups excluding carboxylic acids is 1. The molecule has 0 bridgehead atoms. The molecule has 1 unspecified atom stereocenters. The van der Waals surface area contributed by atoms with Crippen molar-refractivity contribution in [1.29, 1.82) is 5.26 Å². The third-order valence-corrected chi connectivity index (χ3v) is 2.33. The van der Waals surface area contributed by atoms with Gasteiger partial charge in [-0.25, -0.2) is 0 Å². The highest BCUT2D eigenvalue weighted by Gasteiger charge is 2.16. The Morgan fingerprint density at radius 1 is 1.64 bits per heavy atom. The Morgan fingerprint density at radius 2 is 2.21 bits per heavy atom. The number of nitrogens with zero attached hydrogens (tertiary/aromatic N) is 1. The summed E-state index contributed by atoms with van der Waals surface area (Å²) < 4.78 is 4.76. The van der Waals surface area contributed by atoms with E-state index in [1.165, 1.54) is 0 Å². The summed E-state index contributed by atoms with van der Waals surface area (Å²) in [5.41, 5.74) is 10.6. The van der Waals surface area contributed by atoms with Crippen LogP contribution >= 0.6 is 11.8 Å². The fourth-order valence-electron chi connectivity index (χ4n) is 0.617. The van der Waals surface area contributed by atoms with E-state index in [2.05, 4.69) is 0 Å². The summed E-state index contributed by atoms with van der Waals surface area (Å²) in [5.74, 6) is -0.369. The third kappa shape index (κ3) is 4.05. The van der Waals surface area contributed by atoms with E-state index in [0.717, 1.165) is 11.8 Å². The highest BCUT2D eigenvalue weighted by atomic mass is 32.2. The second-order valence-corrected chi connectivity index (χ2v) is 3.78. The van der Waals surface area contributed by atoms with Crippen molar-refractivity contribution >= 4 is 17.7 Å². The van der Waals surface area contributed by atoms with Crippen molar-refractivity contribution < 1.29 is 9.53 Å². The molecule has 5 nitrogen and oxygen atoms in total. The van der Waals surface area contributed by atoms with Crippen LogP contribution in [0.3, 0.4) is 0 Å². The molecule has 14 heavy (non-hydrogen) atoms. The normalized spacial score (nSPS) is 13.8. The number of nitrogens with two attached hydrogens (primary N) is 2. The molecule has 0 radical (unpaired) electrons. The smallest absolute Gasteiger partial charge is 0.319 e. The third-order valence-electron chi connectivity index (χ3n) is 1.31. The Labute approximate surface area is 87.1 Å². The molecule has 0 aromatic heterocycles. The summed E-state index contributed by atoms with van der Waals surface area (Å²) in [6.07, 6.45) is 0. The van der Waals surface area contributed by atoms with Gasteiger partial charge in [0.1, 0.15) is 22.0 Å². The van der Waals surface area contributed by atoms with E-state index in [0.29, 0.717) is 6.61 Å². The maximum Gasteiger partial charge on any atom is 0.319 e. The van der Waals surface area contributed by atoms with Crippen molar-refractivity contribution in [2.45, 2.75) is 19.1 Å². The topological polar surface area (TPSA) is 102 Å². The van der Waals surface area contributed by atoms with Crippen LogP contribution in [0.1, 0.15) is 13.8 Å². The lowest BCUT2D eigenvalue weighted by molar-refractivity contribution is -0.142. The zero-order valence-electron chi connectivity index (χ0n) is 8.11. The Hall–Kier alpha value is -1.35. The molecule has 4 N–H and O–H groups in total. The molecular weight excluding hydrogens is 202 g/mol. The van der Waals surface area contributed by atoms with Crippen LogP contribution in [-0.4, -0.2) is 17.8 Å². The molecule has 0 rings (SSSR count). The first kappa shape index (κ1) is 12.7. The zero-order chi connectivity index (χ0) is 11.1. The molecule has 78 valence electrons. The minimum Gasteiger partial charge on any atom is -0.465 e. The molecule has 6 heteroatoms. The fraction of sp³-hybridized carbons (Fsp3) is 0.500. The van der Waals surface area contributed by atoms with Gasteiger partial charge in [-0.15, -0.1) is 0 Å². The SMILES string of the molecule is CCOC(=O)C(C)SC(N)=C(N)C#N. The van der Waals surface area contributed by atoms with Crippen LogP contribution in [0.4, 0.5) is 0 Å². The molecule has 0 aliphatic rings. The first-order valence-corrected chi connectivity index (χ1v) is 4.89. The molecule has 0 aromatic carbocycles. The van der Waals surface area contributed by atoms with Gasteiger partial charge in [0.25, 0.3) is 0 Å². The number of esters is 1. The Balaban J connectivity index is 4.27. The molecule has 0 aliphatic carbocycles. The van der Waals surface area contributed by atoms with Crippen molar-refractivity contribution in [1.82, 2.24) is 0 Å². The molecule has 0 fully saturated rings. The van der Waals surface area contributed by atoms with Crippen LogP contribution in [0.15, 0.2) is 10.7 Å². The lowest BCUT2D eigenvalue weighted by Gasteiger charge is -2.09. The first-order chi connectivity index (χ1) is 6.52. The van der Waals surface area contributed by atoms with Crippen LogP contribution in [0, 0.1) is 11.3 Å². The lowest BCUT2D eigenvalue weighted by Crippen LogP contribution is -2.19. The van der Waals surface area contributed by atoms with Gasteiger partial charge in [0.15, 0.2) is 0 Å². The molecule has 0 aliphatic heterocycles. The minimum atomic E-state index is -0.457. The van der Waals surface area contributed by atoms with Gasteiger partial charge in [-0.05, 0) is 13.8 Å². The lowest BCUT2D eigenvalue weighted by atomic mass is 10.5. The molecule has 0 heterocycles. The number of carbonyl (C=O) groups is 1. The van der Waals surface area contributed by atoms with Gasteiger partial charge in [-0.1, -0.05) is 11.8 Å². The van der Waals surface area contributed by atoms with Crippen LogP contribution in [0.25, 0.3) is 0 Å². The summed E-state index contributed by atoms with van der Waals surface area (Å²) in [7, 11) is 0. The van der Waals surface area contributed by atoms with Crippen LogP contribution < -0.4 is 11.5 Å². The van der Waals surface area contributed by atoms with E-state index < -0.39 is 5.25 Å². The average molecular weight is 215 g/mol.